The first kappa shape index (κ1) is 23.3. The number of ether oxygens (including phenoxy) is 3. The van der Waals surface area contributed by atoms with Crippen LogP contribution in [0.5, 0.6) is 0 Å². The normalized spacial score (nSPS) is 18.2. The molecule has 0 saturated carbocycles. The minimum absolute atomic E-state index is 0.188. The van der Waals surface area contributed by atoms with Crippen LogP contribution in [-0.4, -0.2) is 33.2 Å². The van der Waals surface area contributed by atoms with E-state index in [9.17, 15) is 13.2 Å². The van der Waals surface area contributed by atoms with Gasteiger partial charge in [0.1, 0.15) is 5.82 Å². The fraction of sp³-hybridized carbons (Fsp3) is 0.333. The molecule has 1 fully saturated rings. The molecule has 0 radical (unpaired) electrons. The Morgan fingerprint density at radius 3 is 2.48 bits per heavy atom. The van der Waals surface area contributed by atoms with E-state index in [1.54, 1.807) is 25.3 Å². The summed E-state index contributed by atoms with van der Waals surface area (Å²) < 4.78 is 58.4. The van der Waals surface area contributed by atoms with Crippen LogP contribution in [0.4, 0.5) is 13.2 Å². The number of halogens is 3. The van der Waals surface area contributed by atoms with Gasteiger partial charge in [0.05, 0.1) is 18.8 Å². The molecule has 1 saturated heterocycles. The molecule has 33 heavy (non-hydrogen) atoms. The van der Waals surface area contributed by atoms with Gasteiger partial charge in [-0.2, -0.15) is 0 Å². The van der Waals surface area contributed by atoms with E-state index in [4.69, 9.17) is 14.2 Å². The van der Waals surface area contributed by atoms with E-state index in [-0.39, 0.29) is 17.2 Å². The fourth-order valence-electron chi connectivity index (χ4n) is 3.78. The fourth-order valence-corrected chi connectivity index (χ4v) is 3.78. The summed E-state index contributed by atoms with van der Waals surface area (Å²) in [4.78, 5) is 0. The van der Waals surface area contributed by atoms with Crippen molar-refractivity contribution in [2.75, 3.05) is 26.9 Å². The molecular formula is C27H25F3O3. The van der Waals surface area contributed by atoms with E-state index in [1.807, 2.05) is 6.07 Å². The van der Waals surface area contributed by atoms with Crippen LogP contribution in [-0.2, 0) is 20.6 Å². The van der Waals surface area contributed by atoms with Gasteiger partial charge < -0.3 is 14.2 Å². The molecule has 0 atom stereocenters. The molecule has 3 aromatic rings. The standard InChI is InChI=1S/C27H25F3O3/c1-31-13-12-20-16-32-26(33-17-20)11-5-19-3-7-21(25(29)15-19)6-2-18-4-9-23-22(14-18)8-10-24(28)27(23)30/h3-4,7-10,14-15,20,26H,5,11-13,16-17H2,1H3. The van der Waals surface area contributed by atoms with Crippen LogP contribution in [0.15, 0.2) is 48.5 Å². The molecular weight excluding hydrogens is 429 g/mol. The van der Waals surface area contributed by atoms with E-state index in [0.29, 0.717) is 49.5 Å². The van der Waals surface area contributed by atoms with Gasteiger partial charge in [-0.3, -0.25) is 0 Å². The van der Waals surface area contributed by atoms with Gasteiger partial charge in [0.15, 0.2) is 17.9 Å². The van der Waals surface area contributed by atoms with E-state index < -0.39 is 17.5 Å². The molecule has 0 spiro atoms. The lowest BCUT2D eigenvalue weighted by Gasteiger charge is -2.29. The third-order valence-electron chi connectivity index (χ3n) is 5.72. The largest absolute Gasteiger partial charge is 0.385 e. The molecule has 0 aliphatic carbocycles. The summed E-state index contributed by atoms with van der Waals surface area (Å²) in [6.45, 7) is 1.98. The number of aryl methyl sites for hydroxylation is 1. The average molecular weight is 454 g/mol. The molecule has 0 amide bonds. The molecule has 3 aromatic carbocycles. The predicted molar refractivity (Wildman–Crippen MR) is 120 cm³/mol. The van der Waals surface area contributed by atoms with Crippen molar-refractivity contribution < 1.29 is 27.4 Å². The Hall–Kier alpha value is -2.85. The first-order valence-electron chi connectivity index (χ1n) is 10.9. The molecule has 0 bridgehead atoms. The highest BCUT2D eigenvalue weighted by atomic mass is 19.2. The number of methoxy groups -OCH3 is 1. The highest BCUT2D eigenvalue weighted by molar-refractivity contribution is 5.84. The van der Waals surface area contributed by atoms with Gasteiger partial charge in [-0.15, -0.1) is 0 Å². The lowest BCUT2D eigenvalue weighted by atomic mass is 10.0. The van der Waals surface area contributed by atoms with Crippen LogP contribution in [0, 0.1) is 35.2 Å². The lowest BCUT2D eigenvalue weighted by Crippen LogP contribution is -2.32. The minimum atomic E-state index is -0.892. The first-order chi connectivity index (χ1) is 16.0. The van der Waals surface area contributed by atoms with Crippen molar-refractivity contribution in [2.45, 2.75) is 25.6 Å². The summed E-state index contributed by atoms with van der Waals surface area (Å²) in [5.41, 5.74) is 1.71. The molecule has 1 heterocycles. The lowest BCUT2D eigenvalue weighted by molar-refractivity contribution is -0.204. The Bertz CT molecular complexity index is 1170. The molecule has 1 aliphatic heterocycles. The van der Waals surface area contributed by atoms with E-state index in [0.717, 1.165) is 18.1 Å². The molecule has 6 heteroatoms. The highest BCUT2D eigenvalue weighted by Gasteiger charge is 2.21. The molecule has 0 aromatic heterocycles. The zero-order valence-corrected chi connectivity index (χ0v) is 18.4. The SMILES string of the molecule is COCCC1COC(CCc2ccc(C#Cc3ccc4c(F)c(F)ccc4c3)c(F)c2)OC1. The van der Waals surface area contributed by atoms with Gasteiger partial charge in [-0.25, -0.2) is 13.2 Å². The van der Waals surface area contributed by atoms with E-state index in [2.05, 4.69) is 11.8 Å². The van der Waals surface area contributed by atoms with Crippen LogP contribution in [0.2, 0.25) is 0 Å². The van der Waals surface area contributed by atoms with Crippen molar-refractivity contribution in [3.63, 3.8) is 0 Å². The number of fused-ring (bicyclic) bond motifs is 1. The Morgan fingerprint density at radius 1 is 0.909 bits per heavy atom. The minimum Gasteiger partial charge on any atom is -0.385 e. The third-order valence-corrected chi connectivity index (χ3v) is 5.72. The third kappa shape index (κ3) is 5.94. The molecule has 1 aliphatic rings. The van der Waals surface area contributed by atoms with Crippen molar-refractivity contribution in [2.24, 2.45) is 5.92 Å². The number of hydrogen-bond donors (Lipinski definition) is 0. The van der Waals surface area contributed by atoms with Crippen molar-refractivity contribution in [1.29, 1.82) is 0 Å². The van der Waals surface area contributed by atoms with Crippen molar-refractivity contribution >= 4 is 10.8 Å². The number of benzene rings is 3. The average Bonchev–Trinajstić information content (AvgIpc) is 2.84. The molecule has 0 unspecified atom stereocenters. The predicted octanol–water partition coefficient (Wildman–Crippen LogP) is 5.62. The second-order valence-electron chi connectivity index (χ2n) is 8.14. The molecule has 172 valence electrons. The van der Waals surface area contributed by atoms with Gasteiger partial charge in [0.2, 0.25) is 0 Å². The summed E-state index contributed by atoms with van der Waals surface area (Å²) in [6.07, 6.45) is 1.91. The van der Waals surface area contributed by atoms with Gasteiger partial charge in [-0.1, -0.05) is 30.0 Å². The zero-order valence-electron chi connectivity index (χ0n) is 18.4. The second-order valence-corrected chi connectivity index (χ2v) is 8.14. The van der Waals surface area contributed by atoms with Gasteiger partial charge in [-0.05, 0) is 54.1 Å². The smallest absolute Gasteiger partial charge is 0.166 e. The van der Waals surface area contributed by atoms with Crippen LogP contribution >= 0.6 is 0 Å². The van der Waals surface area contributed by atoms with E-state index >= 15 is 0 Å². The van der Waals surface area contributed by atoms with Crippen LogP contribution < -0.4 is 0 Å². The monoisotopic (exact) mass is 454 g/mol. The maximum atomic E-state index is 14.6. The summed E-state index contributed by atoms with van der Waals surface area (Å²) >= 11 is 0. The summed E-state index contributed by atoms with van der Waals surface area (Å²) in [6, 6.07) is 12.3. The van der Waals surface area contributed by atoms with Gasteiger partial charge in [0.25, 0.3) is 0 Å². The van der Waals surface area contributed by atoms with Crippen molar-refractivity contribution in [1.82, 2.24) is 0 Å². The molecule has 3 nitrogen and oxygen atoms in total. The van der Waals surface area contributed by atoms with Crippen LogP contribution in [0.3, 0.4) is 0 Å². The van der Waals surface area contributed by atoms with E-state index in [1.165, 1.54) is 18.2 Å². The van der Waals surface area contributed by atoms with Crippen molar-refractivity contribution in [3.05, 3.63) is 82.7 Å². The van der Waals surface area contributed by atoms with Crippen molar-refractivity contribution in [3.8, 4) is 11.8 Å². The summed E-state index contributed by atoms with van der Waals surface area (Å²) in [7, 11) is 1.68. The number of hydrogen-bond acceptors (Lipinski definition) is 3. The summed E-state index contributed by atoms with van der Waals surface area (Å²) in [5, 5.41) is 0.723. The Morgan fingerprint density at radius 2 is 1.73 bits per heavy atom. The Kier molecular flexibility index (Phi) is 7.66. The second kappa shape index (κ2) is 10.8. The number of rotatable bonds is 6. The topological polar surface area (TPSA) is 27.7 Å². The summed E-state index contributed by atoms with van der Waals surface area (Å²) in [5.74, 6) is 3.88. The first-order valence-corrected chi connectivity index (χ1v) is 10.9. The Balaban J connectivity index is 1.35. The zero-order chi connectivity index (χ0) is 23.2. The highest BCUT2D eigenvalue weighted by Crippen LogP contribution is 2.22. The maximum absolute atomic E-state index is 14.6. The van der Waals surface area contributed by atoms with Gasteiger partial charge in [0, 0.05) is 37.0 Å². The Labute approximate surface area is 191 Å². The van der Waals surface area contributed by atoms with Crippen LogP contribution in [0.25, 0.3) is 10.8 Å². The molecule has 4 rings (SSSR count). The quantitative estimate of drug-likeness (QED) is 0.453. The maximum Gasteiger partial charge on any atom is 0.166 e. The van der Waals surface area contributed by atoms with Gasteiger partial charge >= 0.3 is 0 Å². The van der Waals surface area contributed by atoms with Crippen LogP contribution in [0.1, 0.15) is 29.5 Å². The molecule has 0 N–H and O–H groups in total.